The van der Waals surface area contributed by atoms with E-state index < -0.39 is 5.91 Å². The molecular formula is C17H27N3O3. The number of nitrogens with two attached hydrogens (primary N) is 1. The van der Waals surface area contributed by atoms with E-state index in [0.29, 0.717) is 6.54 Å². The molecule has 1 rings (SSSR count). The molecule has 3 amide bonds. The monoisotopic (exact) mass is 321 g/mol. The molecule has 23 heavy (non-hydrogen) atoms. The largest absolute Gasteiger partial charge is 0.496 e. The van der Waals surface area contributed by atoms with Gasteiger partial charge < -0.3 is 20.7 Å². The first-order valence-corrected chi connectivity index (χ1v) is 7.75. The molecule has 0 radical (unpaired) electrons. The van der Waals surface area contributed by atoms with Crippen molar-refractivity contribution in [2.45, 2.75) is 32.1 Å². The van der Waals surface area contributed by atoms with Crippen molar-refractivity contribution < 1.29 is 14.3 Å². The van der Waals surface area contributed by atoms with Gasteiger partial charge in [-0.25, -0.2) is 4.79 Å². The number of hydrogen-bond donors (Lipinski definition) is 2. The Morgan fingerprint density at radius 3 is 2.57 bits per heavy atom. The number of carbonyl (C=O) groups is 2. The van der Waals surface area contributed by atoms with Crippen LogP contribution in [0.5, 0.6) is 5.75 Å². The van der Waals surface area contributed by atoms with Crippen molar-refractivity contribution in [2.75, 3.05) is 27.2 Å². The summed E-state index contributed by atoms with van der Waals surface area (Å²) in [4.78, 5) is 24.0. The third-order valence-electron chi connectivity index (χ3n) is 4.23. The maximum atomic E-state index is 11.9. The van der Waals surface area contributed by atoms with Crippen LogP contribution in [0.25, 0.3) is 0 Å². The van der Waals surface area contributed by atoms with Gasteiger partial charge >= 0.3 is 6.03 Å². The summed E-state index contributed by atoms with van der Waals surface area (Å²) in [6.45, 7) is 4.69. The fourth-order valence-corrected chi connectivity index (χ4v) is 2.53. The average molecular weight is 321 g/mol. The number of rotatable bonds is 8. The normalized spacial score (nSPS) is 13.0. The van der Waals surface area contributed by atoms with Gasteiger partial charge in [-0.1, -0.05) is 32.0 Å². The van der Waals surface area contributed by atoms with E-state index in [1.54, 1.807) is 14.2 Å². The number of methoxy groups -OCH3 is 1. The number of carbonyl (C=O) groups excluding carboxylic acids is 2. The predicted octanol–water partition coefficient (Wildman–Crippen LogP) is 1.88. The molecule has 0 heterocycles. The highest BCUT2D eigenvalue weighted by Crippen LogP contribution is 2.36. The van der Waals surface area contributed by atoms with E-state index >= 15 is 0 Å². The second-order valence-electron chi connectivity index (χ2n) is 5.92. The lowest BCUT2D eigenvalue weighted by Crippen LogP contribution is -2.43. The molecule has 0 aliphatic carbocycles. The SMILES string of the molecule is CC[C@@](C)(CCNC(=O)N(C)CC(N)=O)c1ccccc1OC. The second kappa shape index (κ2) is 8.41. The fourth-order valence-electron chi connectivity index (χ4n) is 2.53. The minimum atomic E-state index is -0.532. The number of primary amides is 1. The van der Waals surface area contributed by atoms with Crippen LogP contribution in [0.4, 0.5) is 4.79 Å². The zero-order valence-corrected chi connectivity index (χ0v) is 14.4. The number of nitrogens with zero attached hydrogens (tertiary/aromatic N) is 1. The van der Waals surface area contributed by atoms with Gasteiger partial charge in [0.15, 0.2) is 0 Å². The highest BCUT2D eigenvalue weighted by atomic mass is 16.5. The molecule has 3 N–H and O–H groups in total. The number of likely N-dealkylation sites (N-methyl/N-ethyl adjacent to an activating group) is 1. The van der Waals surface area contributed by atoms with E-state index in [0.717, 1.165) is 24.2 Å². The number of para-hydroxylation sites is 1. The van der Waals surface area contributed by atoms with Gasteiger partial charge in [-0.05, 0) is 24.3 Å². The standard InChI is InChI=1S/C17H27N3O3/c1-5-17(2,13-8-6-7-9-14(13)23-4)10-11-19-16(22)20(3)12-15(18)21/h6-9H,5,10-12H2,1-4H3,(H2,18,21)(H,19,22)/t17-/m0/s1. The van der Waals surface area contributed by atoms with Crippen LogP contribution in [0.15, 0.2) is 24.3 Å². The smallest absolute Gasteiger partial charge is 0.317 e. The van der Waals surface area contributed by atoms with Crippen molar-refractivity contribution in [1.82, 2.24) is 10.2 Å². The van der Waals surface area contributed by atoms with E-state index in [2.05, 4.69) is 25.2 Å². The Balaban J connectivity index is 2.69. The van der Waals surface area contributed by atoms with Crippen LogP contribution >= 0.6 is 0 Å². The molecule has 1 aromatic rings. The zero-order valence-electron chi connectivity index (χ0n) is 14.4. The summed E-state index contributed by atoms with van der Waals surface area (Å²) in [7, 11) is 3.20. The maximum absolute atomic E-state index is 11.9. The first-order valence-electron chi connectivity index (χ1n) is 7.75. The molecule has 0 aliphatic rings. The van der Waals surface area contributed by atoms with E-state index in [-0.39, 0.29) is 18.0 Å². The number of urea groups is 1. The number of hydrogen-bond acceptors (Lipinski definition) is 3. The van der Waals surface area contributed by atoms with Crippen molar-refractivity contribution in [3.63, 3.8) is 0 Å². The summed E-state index contributed by atoms with van der Waals surface area (Å²) in [5, 5.41) is 2.82. The van der Waals surface area contributed by atoms with Crippen molar-refractivity contribution in [2.24, 2.45) is 5.73 Å². The van der Waals surface area contributed by atoms with Gasteiger partial charge in [-0.2, -0.15) is 0 Å². The lowest BCUT2D eigenvalue weighted by molar-refractivity contribution is -0.118. The molecule has 6 nitrogen and oxygen atoms in total. The Morgan fingerprint density at radius 2 is 2.00 bits per heavy atom. The molecule has 1 aromatic carbocycles. The summed E-state index contributed by atoms with van der Waals surface area (Å²) in [6.07, 6.45) is 1.68. The van der Waals surface area contributed by atoms with Gasteiger partial charge in [-0.15, -0.1) is 0 Å². The summed E-state index contributed by atoms with van der Waals surface area (Å²) in [5.74, 6) is 0.323. The van der Waals surface area contributed by atoms with Crippen LogP contribution in [0, 0.1) is 0 Å². The minimum Gasteiger partial charge on any atom is -0.496 e. The van der Waals surface area contributed by atoms with Gasteiger partial charge in [0.1, 0.15) is 12.3 Å². The van der Waals surface area contributed by atoms with Crippen molar-refractivity contribution in [3.8, 4) is 5.75 Å². The molecule has 0 spiro atoms. The van der Waals surface area contributed by atoms with Crippen LogP contribution in [0.3, 0.4) is 0 Å². The Bertz CT molecular complexity index is 548. The molecular weight excluding hydrogens is 294 g/mol. The number of nitrogens with one attached hydrogen (secondary N) is 1. The topological polar surface area (TPSA) is 84.7 Å². The van der Waals surface area contributed by atoms with Gasteiger partial charge in [0.25, 0.3) is 0 Å². The molecule has 0 unspecified atom stereocenters. The van der Waals surface area contributed by atoms with Crippen LogP contribution in [0.2, 0.25) is 0 Å². The van der Waals surface area contributed by atoms with Gasteiger partial charge in [0.05, 0.1) is 7.11 Å². The molecule has 0 saturated carbocycles. The first-order chi connectivity index (χ1) is 10.8. The lowest BCUT2D eigenvalue weighted by Gasteiger charge is -2.31. The van der Waals surface area contributed by atoms with Gasteiger partial charge in [0, 0.05) is 19.2 Å². The fraction of sp³-hybridized carbons (Fsp3) is 0.529. The number of amides is 3. The summed E-state index contributed by atoms with van der Waals surface area (Å²) in [5.41, 5.74) is 6.10. The highest BCUT2D eigenvalue weighted by molar-refractivity contribution is 5.82. The Hall–Kier alpha value is -2.24. The molecule has 128 valence electrons. The third kappa shape index (κ3) is 5.16. The molecule has 0 saturated heterocycles. The van der Waals surface area contributed by atoms with E-state index in [4.69, 9.17) is 10.5 Å². The van der Waals surface area contributed by atoms with Crippen LogP contribution in [0.1, 0.15) is 32.3 Å². The molecule has 0 aliphatic heterocycles. The van der Waals surface area contributed by atoms with E-state index in [1.165, 1.54) is 4.90 Å². The van der Waals surface area contributed by atoms with Crippen LogP contribution < -0.4 is 15.8 Å². The summed E-state index contributed by atoms with van der Waals surface area (Å²) in [6, 6.07) is 7.64. The average Bonchev–Trinajstić information content (AvgIpc) is 2.53. The summed E-state index contributed by atoms with van der Waals surface area (Å²) < 4.78 is 5.46. The van der Waals surface area contributed by atoms with Crippen molar-refractivity contribution in [3.05, 3.63) is 29.8 Å². The highest BCUT2D eigenvalue weighted by Gasteiger charge is 2.27. The van der Waals surface area contributed by atoms with Gasteiger partial charge in [0.2, 0.25) is 5.91 Å². The molecule has 1 atom stereocenters. The second-order valence-corrected chi connectivity index (χ2v) is 5.92. The molecule has 0 bridgehead atoms. The number of ether oxygens (including phenoxy) is 1. The quantitative estimate of drug-likeness (QED) is 0.766. The Kier molecular flexibility index (Phi) is 6.88. The lowest BCUT2D eigenvalue weighted by atomic mass is 9.77. The van der Waals surface area contributed by atoms with Gasteiger partial charge in [-0.3, -0.25) is 4.79 Å². The molecule has 0 aromatic heterocycles. The van der Waals surface area contributed by atoms with E-state index in [9.17, 15) is 9.59 Å². The van der Waals surface area contributed by atoms with Crippen LogP contribution in [-0.2, 0) is 10.2 Å². The molecule has 6 heteroatoms. The van der Waals surface area contributed by atoms with Crippen molar-refractivity contribution >= 4 is 11.9 Å². The predicted molar refractivity (Wildman–Crippen MR) is 90.5 cm³/mol. The number of benzene rings is 1. The third-order valence-corrected chi connectivity index (χ3v) is 4.23. The van der Waals surface area contributed by atoms with E-state index in [1.807, 2.05) is 18.2 Å². The Labute approximate surface area is 138 Å². The minimum absolute atomic E-state index is 0.0939. The maximum Gasteiger partial charge on any atom is 0.317 e. The Morgan fingerprint density at radius 1 is 1.35 bits per heavy atom. The van der Waals surface area contributed by atoms with Crippen LogP contribution in [-0.4, -0.2) is 44.1 Å². The first kappa shape index (κ1) is 18.8. The zero-order chi connectivity index (χ0) is 17.5. The van der Waals surface area contributed by atoms with Crippen molar-refractivity contribution in [1.29, 1.82) is 0 Å². The molecule has 0 fully saturated rings. The summed E-state index contributed by atoms with van der Waals surface area (Å²) >= 11 is 0.